The van der Waals surface area contributed by atoms with Gasteiger partial charge in [-0.3, -0.25) is 0 Å². The normalized spacial score (nSPS) is 33.9. The minimum atomic E-state index is -0.409. The molecule has 1 heterocycles. The summed E-state index contributed by atoms with van der Waals surface area (Å²) in [6.07, 6.45) is 3.15. The summed E-state index contributed by atoms with van der Waals surface area (Å²) >= 11 is 0. The second-order valence-electron chi connectivity index (χ2n) is 5.95. The van der Waals surface area contributed by atoms with Crippen molar-refractivity contribution in [3.8, 4) is 0 Å². The second-order valence-corrected chi connectivity index (χ2v) is 5.95. The topological polar surface area (TPSA) is 64.9 Å². The Morgan fingerprint density at radius 2 is 2.06 bits per heavy atom. The molecule has 16 heavy (non-hydrogen) atoms. The molecular weight excluding hydrogens is 202 g/mol. The van der Waals surface area contributed by atoms with Crippen LogP contribution in [0.1, 0.15) is 51.7 Å². The van der Waals surface area contributed by atoms with Crippen LogP contribution in [0.5, 0.6) is 0 Å². The summed E-state index contributed by atoms with van der Waals surface area (Å²) in [5.74, 6) is 1.65. The van der Waals surface area contributed by atoms with Crippen LogP contribution in [0.2, 0.25) is 0 Å². The summed E-state index contributed by atoms with van der Waals surface area (Å²) < 4.78 is 5.04. The molecule has 4 heteroatoms. The largest absolute Gasteiger partial charge is 0.340 e. The third-order valence-corrected chi connectivity index (χ3v) is 3.90. The first-order valence-electron chi connectivity index (χ1n) is 5.93. The standard InChI is InChI=1S/C12H21N3O/c1-8-7-11(3,4)5-6-12(8,13)10-14-9(2)16-15-10/h8H,5-7,13H2,1-4H3. The highest BCUT2D eigenvalue weighted by atomic mass is 16.5. The van der Waals surface area contributed by atoms with Crippen LogP contribution in [-0.4, -0.2) is 10.1 Å². The van der Waals surface area contributed by atoms with Crippen molar-refractivity contribution < 1.29 is 4.52 Å². The highest BCUT2D eigenvalue weighted by molar-refractivity contribution is 5.09. The van der Waals surface area contributed by atoms with Crippen molar-refractivity contribution in [2.75, 3.05) is 0 Å². The first kappa shape index (κ1) is 11.6. The molecule has 2 unspecified atom stereocenters. The van der Waals surface area contributed by atoms with E-state index in [2.05, 4.69) is 30.9 Å². The Labute approximate surface area is 96.6 Å². The van der Waals surface area contributed by atoms with Crippen molar-refractivity contribution in [3.05, 3.63) is 11.7 Å². The van der Waals surface area contributed by atoms with Crippen molar-refractivity contribution in [2.45, 2.75) is 52.5 Å². The lowest BCUT2D eigenvalue weighted by Crippen LogP contribution is -2.49. The molecule has 1 aromatic heterocycles. The Morgan fingerprint density at radius 1 is 1.38 bits per heavy atom. The Morgan fingerprint density at radius 3 is 2.56 bits per heavy atom. The monoisotopic (exact) mass is 223 g/mol. The van der Waals surface area contributed by atoms with Gasteiger partial charge in [0.2, 0.25) is 5.89 Å². The average Bonchev–Trinajstić information content (AvgIpc) is 2.59. The molecule has 1 aliphatic rings. The van der Waals surface area contributed by atoms with E-state index in [1.54, 1.807) is 6.92 Å². The number of hydrogen-bond acceptors (Lipinski definition) is 4. The SMILES string of the molecule is Cc1nc(C2(N)CCC(C)(C)CC2C)no1. The van der Waals surface area contributed by atoms with Crippen molar-refractivity contribution in [1.29, 1.82) is 0 Å². The molecule has 1 aliphatic carbocycles. The molecule has 0 spiro atoms. The van der Waals surface area contributed by atoms with Gasteiger partial charge in [-0.15, -0.1) is 0 Å². The van der Waals surface area contributed by atoms with E-state index < -0.39 is 5.54 Å². The van der Waals surface area contributed by atoms with Crippen LogP contribution in [-0.2, 0) is 5.54 Å². The molecule has 0 bridgehead atoms. The van der Waals surface area contributed by atoms with Gasteiger partial charge in [0.25, 0.3) is 0 Å². The molecule has 0 saturated heterocycles. The zero-order valence-electron chi connectivity index (χ0n) is 10.6. The van der Waals surface area contributed by atoms with Crippen molar-refractivity contribution in [1.82, 2.24) is 10.1 Å². The van der Waals surface area contributed by atoms with E-state index in [1.807, 2.05) is 0 Å². The zero-order chi connectivity index (χ0) is 12.0. The van der Waals surface area contributed by atoms with Gasteiger partial charge in [-0.25, -0.2) is 0 Å². The summed E-state index contributed by atoms with van der Waals surface area (Å²) in [6.45, 7) is 8.58. The molecule has 90 valence electrons. The maximum Gasteiger partial charge on any atom is 0.223 e. The van der Waals surface area contributed by atoms with Gasteiger partial charge in [0.05, 0.1) is 5.54 Å². The van der Waals surface area contributed by atoms with Crippen molar-refractivity contribution in [2.24, 2.45) is 17.1 Å². The number of rotatable bonds is 1. The fourth-order valence-electron chi connectivity index (χ4n) is 2.73. The molecule has 1 saturated carbocycles. The summed E-state index contributed by atoms with van der Waals surface area (Å²) in [6, 6.07) is 0. The third kappa shape index (κ3) is 1.86. The summed E-state index contributed by atoms with van der Waals surface area (Å²) in [4.78, 5) is 4.30. The highest BCUT2D eigenvalue weighted by Crippen LogP contribution is 2.46. The molecule has 1 aromatic rings. The molecule has 4 nitrogen and oxygen atoms in total. The van der Waals surface area contributed by atoms with E-state index in [-0.39, 0.29) is 0 Å². The third-order valence-electron chi connectivity index (χ3n) is 3.90. The van der Waals surface area contributed by atoms with Crippen LogP contribution in [0.4, 0.5) is 0 Å². The summed E-state index contributed by atoms with van der Waals surface area (Å²) in [5, 5.41) is 4.00. The number of aromatic nitrogens is 2. The fourth-order valence-corrected chi connectivity index (χ4v) is 2.73. The van der Waals surface area contributed by atoms with E-state index in [9.17, 15) is 0 Å². The maximum absolute atomic E-state index is 6.47. The number of nitrogens with two attached hydrogens (primary N) is 1. The Kier molecular flexibility index (Phi) is 2.57. The minimum absolute atomic E-state index is 0.376. The van der Waals surface area contributed by atoms with Gasteiger partial charge < -0.3 is 10.3 Å². The minimum Gasteiger partial charge on any atom is -0.340 e. The lowest BCUT2D eigenvalue weighted by molar-refractivity contribution is 0.0932. The molecule has 2 atom stereocenters. The van der Waals surface area contributed by atoms with Crippen molar-refractivity contribution >= 4 is 0 Å². The van der Waals surface area contributed by atoms with Crippen LogP contribution in [0.25, 0.3) is 0 Å². The summed E-state index contributed by atoms with van der Waals surface area (Å²) in [7, 11) is 0. The number of hydrogen-bond donors (Lipinski definition) is 1. The predicted octanol–water partition coefficient (Wildman–Crippen LogP) is 2.38. The van der Waals surface area contributed by atoms with Gasteiger partial charge in [-0.1, -0.05) is 25.9 Å². The van der Waals surface area contributed by atoms with Crippen LogP contribution < -0.4 is 5.73 Å². The van der Waals surface area contributed by atoms with Gasteiger partial charge >= 0.3 is 0 Å². The quantitative estimate of drug-likeness (QED) is 0.793. The van der Waals surface area contributed by atoms with E-state index in [0.717, 1.165) is 19.3 Å². The van der Waals surface area contributed by atoms with E-state index in [1.165, 1.54) is 0 Å². The first-order valence-corrected chi connectivity index (χ1v) is 5.93. The van der Waals surface area contributed by atoms with Gasteiger partial charge in [0, 0.05) is 6.92 Å². The van der Waals surface area contributed by atoms with Crippen LogP contribution >= 0.6 is 0 Å². The molecule has 0 aliphatic heterocycles. The lowest BCUT2D eigenvalue weighted by atomic mass is 9.64. The average molecular weight is 223 g/mol. The number of nitrogens with zero attached hydrogens (tertiary/aromatic N) is 2. The fraction of sp³-hybridized carbons (Fsp3) is 0.833. The molecule has 0 amide bonds. The van der Waals surface area contributed by atoms with Crippen LogP contribution in [0, 0.1) is 18.3 Å². The molecule has 0 radical (unpaired) electrons. The van der Waals surface area contributed by atoms with Crippen LogP contribution in [0.15, 0.2) is 4.52 Å². The lowest BCUT2D eigenvalue weighted by Gasteiger charge is -2.44. The first-order chi connectivity index (χ1) is 7.33. The maximum atomic E-state index is 6.47. The second kappa shape index (κ2) is 3.55. The highest BCUT2D eigenvalue weighted by Gasteiger charge is 2.45. The predicted molar refractivity (Wildman–Crippen MR) is 61.7 cm³/mol. The molecular formula is C12H21N3O. The van der Waals surface area contributed by atoms with E-state index in [4.69, 9.17) is 10.3 Å². The van der Waals surface area contributed by atoms with Gasteiger partial charge in [-0.2, -0.15) is 4.98 Å². The van der Waals surface area contributed by atoms with E-state index >= 15 is 0 Å². The van der Waals surface area contributed by atoms with Gasteiger partial charge in [-0.05, 0) is 30.6 Å². The number of aryl methyl sites for hydroxylation is 1. The molecule has 0 aromatic carbocycles. The van der Waals surface area contributed by atoms with E-state index in [0.29, 0.717) is 23.0 Å². The van der Waals surface area contributed by atoms with Crippen LogP contribution in [0.3, 0.4) is 0 Å². The van der Waals surface area contributed by atoms with Gasteiger partial charge in [0.1, 0.15) is 0 Å². The van der Waals surface area contributed by atoms with Crippen molar-refractivity contribution in [3.63, 3.8) is 0 Å². The Balaban J connectivity index is 2.26. The van der Waals surface area contributed by atoms with Gasteiger partial charge in [0.15, 0.2) is 5.82 Å². The zero-order valence-corrected chi connectivity index (χ0v) is 10.6. The Hall–Kier alpha value is -0.900. The molecule has 1 fully saturated rings. The molecule has 2 rings (SSSR count). The summed E-state index contributed by atoms with van der Waals surface area (Å²) in [5.41, 5.74) is 6.44. The Bertz CT molecular complexity index is 385. The molecule has 2 N–H and O–H groups in total. The smallest absolute Gasteiger partial charge is 0.223 e.